The number of hydrogen-bond donors (Lipinski definition) is 1. The highest BCUT2D eigenvalue weighted by Crippen LogP contribution is 2.31. The van der Waals surface area contributed by atoms with Gasteiger partial charge < -0.3 is 19.3 Å². The van der Waals surface area contributed by atoms with Gasteiger partial charge in [0.1, 0.15) is 11.5 Å². The van der Waals surface area contributed by atoms with E-state index in [1.54, 1.807) is 44.4 Å². The Labute approximate surface area is 213 Å². The molecule has 0 saturated heterocycles. The number of hydrogen-bond acceptors (Lipinski definition) is 6. The lowest BCUT2D eigenvalue weighted by atomic mass is 10.1. The van der Waals surface area contributed by atoms with Crippen LogP contribution in [-0.2, 0) is 11.2 Å². The maximum absolute atomic E-state index is 12.3. The molecule has 0 radical (unpaired) electrons. The van der Waals surface area contributed by atoms with Crippen LogP contribution in [0.3, 0.4) is 0 Å². The molecule has 1 N–H and O–H groups in total. The van der Waals surface area contributed by atoms with Crippen molar-refractivity contribution in [3.63, 3.8) is 0 Å². The highest BCUT2D eigenvalue weighted by atomic mass is 35.5. The molecule has 0 saturated carbocycles. The monoisotopic (exact) mass is 511 g/mol. The molecule has 1 aromatic heterocycles. The Kier molecular flexibility index (Phi) is 7.90. The molecule has 4 aromatic rings. The number of aryl methyl sites for hydroxylation is 1. The van der Waals surface area contributed by atoms with Crippen LogP contribution >= 0.6 is 23.2 Å². The molecule has 0 unspecified atom stereocenters. The van der Waals surface area contributed by atoms with Crippen molar-refractivity contribution in [2.24, 2.45) is 0 Å². The second kappa shape index (κ2) is 11.3. The quantitative estimate of drug-likeness (QED) is 0.267. The summed E-state index contributed by atoms with van der Waals surface area (Å²) in [5, 5.41) is 7.85. The number of nitrogens with zero attached hydrogens (tertiary/aromatic N) is 2. The highest BCUT2D eigenvalue weighted by Gasteiger charge is 2.18. The molecule has 1 heterocycles. The molecule has 4 rings (SSSR count). The van der Waals surface area contributed by atoms with Gasteiger partial charge in [0, 0.05) is 22.7 Å². The molecule has 7 nitrogen and oxygen atoms in total. The first-order valence-corrected chi connectivity index (χ1v) is 11.7. The van der Waals surface area contributed by atoms with Gasteiger partial charge in [-0.1, -0.05) is 40.5 Å². The molecule has 0 aliphatic carbocycles. The van der Waals surface area contributed by atoms with Gasteiger partial charge in [0.2, 0.25) is 11.7 Å². The van der Waals surface area contributed by atoms with E-state index in [2.05, 4.69) is 15.5 Å². The molecular weight excluding hydrogens is 489 g/mol. The van der Waals surface area contributed by atoms with Crippen molar-refractivity contribution in [1.82, 2.24) is 10.1 Å². The van der Waals surface area contributed by atoms with E-state index in [-0.39, 0.29) is 5.91 Å². The molecule has 1 amide bonds. The molecule has 1 atom stereocenters. The van der Waals surface area contributed by atoms with E-state index < -0.39 is 6.10 Å². The predicted molar refractivity (Wildman–Crippen MR) is 135 cm³/mol. The average molecular weight is 512 g/mol. The fourth-order valence-electron chi connectivity index (χ4n) is 3.31. The molecule has 9 heteroatoms. The molecule has 0 fully saturated rings. The SMILES string of the molecule is COc1ccc(CCC(=O)Nc2ccc(-c3noc([C@@H](C)Oc4ccc(Cl)cc4Cl)n3)cc2)cc1. The van der Waals surface area contributed by atoms with E-state index in [9.17, 15) is 4.79 Å². The second-order valence-corrected chi connectivity index (χ2v) is 8.61. The number of benzene rings is 3. The Bertz CT molecular complexity index is 1290. The van der Waals surface area contributed by atoms with Gasteiger partial charge in [-0.3, -0.25) is 4.79 Å². The first-order valence-electron chi connectivity index (χ1n) is 10.9. The van der Waals surface area contributed by atoms with Crippen LogP contribution in [0.1, 0.15) is 30.9 Å². The summed E-state index contributed by atoms with van der Waals surface area (Å²) in [6.45, 7) is 1.78. The molecule has 0 aliphatic heterocycles. The molecule has 0 spiro atoms. The fraction of sp³-hybridized carbons (Fsp3) is 0.192. The number of anilines is 1. The van der Waals surface area contributed by atoms with Crippen LogP contribution in [0.25, 0.3) is 11.4 Å². The third kappa shape index (κ3) is 6.53. The van der Waals surface area contributed by atoms with Gasteiger partial charge in [0.15, 0.2) is 6.10 Å². The number of amides is 1. The van der Waals surface area contributed by atoms with Crippen LogP contribution in [0.15, 0.2) is 71.3 Å². The summed E-state index contributed by atoms with van der Waals surface area (Å²) >= 11 is 12.1. The molecule has 180 valence electrons. The van der Waals surface area contributed by atoms with Crippen LogP contribution in [0, 0.1) is 0 Å². The molecular formula is C26H23Cl2N3O4. The normalized spacial score (nSPS) is 11.7. The number of ether oxygens (including phenoxy) is 2. The lowest BCUT2D eigenvalue weighted by Crippen LogP contribution is -2.12. The van der Waals surface area contributed by atoms with Crippen LogP contribution in [0.4, 0.5) is 5.69 Å². The number of carbonyl (C=O) groups is 1. The first-order chi connectivity index (χ1) is 16.9. The van der Waals surface area contributed by atoms with Crippen molar-refractivity contribution in [2.75, 3.05) is 12.4 Å². The Morgan fingerprint density at radius 2 is 1.80 bits per heavy atom. The zero-order valence-electron chi connectivity index (χ0n) is 19.1. The minimum atomic E-state index is -0.515. The standard InChI is InChI=1S/C26H23Cl2N3O4/c1-16(34-23-13-8-19(27)15-22(23)28)26-30-25(31-35-26)18-6-9-20(10-7-18)29-24(32)14-5-17-3-11-21(33-2)12-4-17/h3-4,6-13,15-16H,5,14H2,1-2H3,(H,29,32)/t16-/m1/s1. The van der Waals surface area contributed by atoms with Crippen molar-refractivity contribution in [3.8, 4) is 22.9 Å². The van der Waals surface area contributed by atoms with Crippen molar-refractivity contribution < 1.29 is 18.8 Å². The van der Waals surface area contributed by atoms with Gasteiger partial charge in [0.05, 0.1) is 12.1 Å². The first kappa shape index (κ1) is 24.6. The summed E-state index contributed by atoms with van der Waals surface area (Å²) < 4.78 is 16.3. The van der Waals surface area contributed by atoms with Crippen LogP contribution in [-0.4, -0.2) is 23.2 Å². The zero-order chi connectivity index (χ0) is 24.8. The van der Waals surface area contributed by atoms with Gasteiger partial charge in [-0.2, -0.15) is 4.98 Å². The minimum Gasteiger partial charge on any atom is -0.497 e. The fourth-order valence-corrected chi connectivity index (χ4v) is 3.76. The van der Waals surface area contributed by atoms with Gasteiger partial charge in [-0.25, -0.2) is 0 Å². The van der Waals surface area contributed by atoms with E-state index in [1.165, 1.54) is 0 Å². The van der Waals surface area contributed by atoms with Gasteiger partial charge in [-0.05, 0) is 73.5 Å². The summed E-state index contributed by atoms with van der Waals surface area (Å²) in [5.74, 6) is 1.91. The summed E-state index contributed by atoms with van der Waals surface area (Å²) in [6.07, 6.45) is 0.498. The number of nitrogens with one attached hydrogen (secondary N) is 1. The van der Waals surface area contributed by atoms with Gasteiger partial charge in [-0.15, -0.1) is 0 Å². The van der Waals surface area contributed by atoms with Crippen LogP contribution in [0.5, 0.6) is 11.5 Å². The zero-order valence-corrected chi connectivity index (χ0v) is 20.6. The number of methoxy groups -OCH3 is 1. The smallest absolute Gasteiger partial charge is 0.267 e. The van der Waals surface area contributed by atoms with E-state index in [1.807, 2.05) is 36.4 Å². The Balaban J connectivity index is 1.32. The summed E-state index contributed by atoms with van der Waals surface area (Å²) in [6, 6.07) is 19.9. The molecule has 0 aliphatic rings. The number of halogens is 2. The number of carbonyl (C=O) groups excluding carboxylic acids is 1. The Hall–Kier alpha value is -3.55. The number of aromatic nitrogens is 2. The van der Waals surface area contributed by atoms with Crippen molar-refractivity contribution in [1.29, 1.82) is 0 Å². The van der Waals surface area contributed by atoms with E-state index in [4.69, 9.17) is 37.2 Å². The number of rotatable bonds is 9. The third-order valence-corrected chi connectivity index (χ3v) is 5.74. The van der Waals surface area contributed by atoms with Crippen LogP contribution < -0.4 is 14.8 Å². The van der Waals surface area contributed by atoms with Gasteiger partial charge >= 0.3 is 0 Å². The van der Waals surface area contributed by atoms with Gasteiger partial charge in [0.25, 0.3) is 5.89 Å². The highest BCUT2D eigenvalue weighted by molar-refractivity contribution is 6.35. The molecule has 35 heavy (non-hydrogen) atoms. The molecule has 3 aromatic carbocycles. The lowest BCUT2D eigenvalue weighted by Gasteiger charge is -2.12. The summed E-state index contributed by atoms with van der Waals surface area (Å²) in [4.78, 5) is 16.8. The van der Waals surface area contributed by atoms with E-state index >= 15 is 0 Å². The van der Waals surface area contributed by atoms with E-state index in [0.717, 1.165) is 16.9 Å². The van der Waals surface area contributed by atoms with Crippen molar-refractivity contribution in [3.05, 3.63) is 88.2 Å². The average Bonchev–Trinajstić information content (AvgIpc) is 3.36. The predicted octanol–water partition coefficient (Wildman–Crippen LogP) is 6.76. The van der Waals surface area contributed by atoms with E-state index in [0.29, 0.717) is 46.0 Å². The maximum atomic E-state index is 12.3. The Morgan fingerprint density at radius 1 is 1.06 bits per heavy atom. The Morgan fingerprint density at radius 3 is 2.49 bits per heavy atom. The largest absolute Gasteiger partial charge is 0.497 e. The summed E-state index contributed by atoms with van der Waals surface area (Å²) in [7, 11) is 1.62. The van der Waals surface area contributed by atoms with Crippen molar-refractivity contribution in [2.45, 2.75) is 25.9 Å². The minimum absolute atomic E-state index is 0.0674. The topological polar surface area (TPSA) is 86.5 Å². The summed E-state index contributed by atoms with van der Waals surface area (Å²) in [5.41, 5.74) is 2.50. The third-order valence-electron chi connectivity index (χ3n) is 5.21. The lowest BCUT2D eigenvalue weighted by molar-refractivity contribution is -0.116. The maximum Gasteiger partial charge on any atom is 0.267 e. The second-order valence-electron chi connectivity index (χ2n) is 7.76. The molecule has 0 bridgehead atoms. The van der Waals surface area contributed by atoms with Crippen molar-refractivity contribution >= 4 is 34.8 Å². The van der Waals surface area contributed by atoms with Crippen LogP contribution in [0.2, 0.25) is 10.0 Å².